The predicted octanol–water partition coefficient (Wildman–Crippen LogP) is 0.513. The van der Waals surface area contributed by atoms with Crippen LogP contribution < -0.4 is 0 Å². The van der Waals surface area contributed by atoms with Gasteiger partial charge in [-0.2, -0.15) is 0 Å². The molecule has 0 fully saturated rings. The molecule has 0 unspecified atom stereocenters. The van der Waals surface area contributed by atoms with Crippen LogP contribution in [0.2, 0.25) is 6.04 Å². The Morgan fingerprint density at radius 2 is 1.71 bits per heavy atom. The van der Waals surface area contributed by atoms with E-state index in [-0.39, 0.29) is 6.61 Å². The number of hydrogen-bond donors (Lipinski definition) is 0. The zero-order valence-corrected chi connectivity index (χ0v) is 9.53. The summed E-state index contributed by atoms with van der Waals surface area (Å²) in [7, 11) is 0.318. The molecule has 0 atom stereocenters. The van der Waals surface area contributed by atoms with Gasteiger partial charge in [-0.25, -0.2) is 0 Å². The van der Waals surface area contributed by atoms with Crippen molar-refractivity contribution in [3.63, 3.8) is 0 Å². The van der Waals surface area contributed by atoms with E-state index in [9.17, 15) is 9.59 Å². The normalized spacial score (nSPS) is 10.0. The zero-order chi connectivity index (χ0) is 11.0. The maximum absolute atomic E-state index is 10.6. The Morgan fingerprint density at radius 1 is 1.21 bits per heavy atom. The van der Waals surface area contributed by atoms with Crippen molar-refractivity contribution in [3.05, 3.63) is 0 Å². The van der Waals surface area contributed by atoms with Crippen LogP contribution in [0.25, 0.3) is 0 Å². The van der Waals surface area contributed by atoms with Crippen LogP contribution in [0.1, 0.15) is 20.8 Å². The van der Waals surface area contributed by atoms with E-state index in [0.717, 1.165) is 6.04 Å². The average molecular weight is 218 g/mol. The second-order valence-corrected chi connectivity index (χ2v) is 3.74. The van der Waals surface area contributed by atoms with Gasteiger partial charge in [0.05, 0.1) is 0 Å². The highest BCUT2D eigenvalue weighted by Crippen LogP contribution is 1.97. The fraction of sp³-hybridized carbons (Fsp3) is 0.750. The Morgan fingerprint density at radius 3 is 2.07 bits per heavy atom. The molecule has 0 aromatic carbocycles. The topological polar surface area (TPSA) is 61.8 Å². The third kappa shape index (κ3) is 7.75. The number of carbonyl (C=O) groups excluding carboxylic acids is 2. The van der Waals surface area contributed by atoms with Gasteiger partial charge in [0.2, 0.25) is 9.76 Å². The lowest BCUT2D eigenvalue weighted by Gasteiger charge is -2.16. The first-order valence-corrected chi connectivity index (χ1v) is 5.36. The van der Waals surface area contributed by atoms with Crippen molar-refractivity contribution >= 4 is 21.7 Å². The van der Waals surface area contributed by atoms with Gasteiger partial charge < -0.3 is 13.9 Å². The van der Waals surface area contributed by atoms with E-state index in [4.69, 9.17) is 13.9 Å². The van der Waals surface area contributed by atoms with Crippen LogP contribution >= 0.6 is 0 Å². The Bertz CT molecular complexity index is 178. The molecule has 14 heavy (non-hydrogen) atoms. The third-order valence-corrected chi connectivity index (χ3v) is 1.72. The molecule has 0 bridgehead atoms. The lowest BCUT2D eigenvalue weighted by Crippen LogP contribution is -2.28. The highest BCUT2D eigenvalue weighted by molar-refractivity contribution is 6.26. The number of rotatable bonds is 6. The Hall–Kier alpha value is -0.883. The zero-order valence-electron chi connectivity index (χ0n) is 8.53. The van der Waals surface area contributed by atoms with E-state index in [0.29, 0.717) is 9.76 Å². The van der Waals surface area contributed by atoms with E-state index in [1.165, 1.54) is 13.8 Å². The molecule has 6 heteroatoms. The van der Waals surface area contributed by atoms with Crippen LogP contribution in [-0.4, -0.2) is 34.6 Å². The quantitative estimate of drug-likeness (QED) is 0.281. The molecule has 80 valence electrons. The molecule has 0 saturated heterocycles. The average Bonchev–Trinajstić information content (AvgIpc) is 2.02. The van der Waals surface area contributed by atoms with Crippen LogP contribution in [0.4, 0.5) is 0 Å². The van der Waals surface area contributed by atoms with Crippen molar-refractivity contribution < 1.29 is 23.5 Å². The summed E-state index contributed by atoms with van der Waals surface area (Å²) in [5.74, 6) is -1.00. The molecule has 0 aromatic heterocycles. The molecule has 0 aliphatic rings. The molecular formula is C8H14O5Si. The maximum atomic E-state index is 10.6. The van der Waals surface area contributed by atoms with Gasteiger partial charge in [0.1, 0.15) is 6.61 Å². The fourth-order valence-corrected chi connectivity index (χ4v) is 1.15. The van der Waals surface area contributed by atoms with Crippen LogP contribution in [0.5, 0.6) is 0 Å². The monoisotopic (exact) mass is 218 g/mol. The van der Waals surface area contributed by atoms with Crippen LogP contribution in [0, 0.1) is 0 Å². The number of esters is 2. The van der Waals surface area contributed by atoms with Gasteiger partial charge in [0.25, 0.3) is 6.29 Å². The van der Waals surface area contributed by atoms with Gasteiger partial charge in [0, 0.05) is 13.8 Å². The molecule has 0 rings (SSSR count). The summed E-state index contributed by atoms with van der Waals surface area (Å²) in [4.78, 5) is 21.2. The van der Waals surface area contributed by atoms with Crippen molar-refractivity contribution in [1.82, 2.24) is 0 Å². The highest BCUT2D eigenvalue weighted by atomic mass is 28.2. The molecule has 0 aromatic rings. The summed E-state index contributed by atoms with van der Waals surface area (Å²) in [5, 5.41) is 0. The Labute approximate surface area is 85.7 Å². The molecule has 0 heterocycles. The van der Waals surface area contributed by atoms with E-state index in [1.807, 2.05) is 6.92 Å². The minimum Gasteiger partial charge on any atom is -0.423 e. The lowest BCUT2D eigenvalue weighted by atomic mass is 10.6. The Kier molecular flexibility index (Phi) is 7.04. The third-order valence-electron chi connectivity index (χ3n) is 1.06. The molecule has 0 spiro atoms. The second-order valence-electron chi connectivity index (χ2n) is 2.46. The van der Waals surface area contributed by atoms with Crippen molar-refractivity contribution in [3.8, 4) is 0 Å². The Balaban J connectivity index is 3.84. The van der Waals surface area contributed by atoms with Crippen molar-refractivity contribution in [2.75, 3.05) is 6.61 Å². The number of ether oxygens (including phenoxy) is 2. The predicted molar refractivity (Wildman–Crippen MR) is 49.5 cm³/mol. The van der Waals surface area contributed by atoms with Gasteiger partial charge in [-0.1, -0.05) is 6.92 Å². The summed E-state index contributed by atoms with van der Waals surface area (Å²) in [6.45, 7) is 4.55. The van der Waals surface area contributed by atoms with Gasteiger partial charge in [0.15, 0.2) is 0 Å². The molecule has 0 amide bonds. The van der Waals surface area contributed by atoms with Crippen LogP contribution in [0.15, 0.2) is 0 Å². The summed E-state index contributed by atoms with van der Waals surface area (Å²) in [5.41, 5.74) is 0. The van der Waals surface area contributed by atoms with Gasteiger partial charge in [-0.15, -0.1) is 0 Å². The molecular weight excluding hydrogens is 204 g/mol. The fourth-order valence-electron chi connectivity index (χ4n) is 0.691. The molecule has 2 radical (unpaired) electrons. The minimum atomic E-state index is -0.927. The minimum absolute atomic E-state index is 0.0887. The molecule has 0 N–H and O–H groups in total. The number of carbonyl (C=O) groups is 2. The van der Waals surface area contributed by atoms with E-state index in [1.54, 1.807) is 0 Å². The second kappa shape index (κ2) is 7.51. The van der Waals surface area contributed by atoms with Crippen molar-refractivity contribution in [1.29, 1.82) is 0 Å². The maximum Gasteiger partial charge on any atom is 0.305 e. The van der Waals surface area contributed by atoms with Gasteiger partial charge in [-0.05, 0) is 6.04 Å². The lowest BCUT2D eigenvalue weighted by molar-refractivity contribution is -0.189. The standard InChI is InChI=1S/C8H14O5Si/c1-4-14-11-5-8(12-6(2)9)13-7(3)10/h8H,4-5H2,1-3H3. The summed E-state index contributed by atoms with van der Waals surface area (Å²) >= 11 is 0. The van der Waals surface area contributed by atoms with Gasteiger partial charge >= 0.3 is 11.9 Å². The first kappa shape index (κ1) is 13.1. The highest BCUT2D eigenvalue weighted by Gasteiger charge is 2.14. The molecule has 5 nitrogen and oxygen atoms in total. The molecule has 0 aliphatic heterocycles. The van der Waals surface area contributed by atoms with E-state index in [2.05, 4.69) is 0 Å². The molecule has 0 aliphatic carbocycles. The van der Waals surface area contributed by atoms with Crippen molar-refractivity contribution in [2.24, 2.45) is 0 Å². The first-order valence-electron chi connectivity index (χ1n) is 4.25. The van der Waals surface area contributed by atoms with Crippen LogP contribution in [0.3, 0.4) is 0 Å². The summed E-state index contributed by atoms with van der Waals surface area (Å²) in [6, 6.07) is 0.882. The number of hydrogen-bond acceptors (Lipinski definition) is 5. The summed E-state index contributed by atoms with van der Waals surface area (Å²) < 4.78 is 14.5. The largest absolute Gasteiger partial charge is 0.423 e. The summed E-state index contributed by atoms with van der Waals surface area (Å²) in [6.07, 6.45) is -0.927. The molecule has 0 saturated carbocycles. The SMILES string of the molecule is CC[Si]OCC(OC(C)=O)OC(C)=O. The van der Waals surface area contributed by atoms with Crippen molar-refractivity contribution in [2.45, 2.75) is 33.1 Å². The smallest absolute Gasteiger partial charge is 0.305 e. The van der Waals surface area contributed by atoms with Gasteiger partial charge in [-0.3, -0.25) is 9.59 Å². The van der Waals surface area contributed by atoms with E-state index >= 15 is 0 Å². The van der Waals surface area contributed by atoms with E-state index < -0.39 is 18.2 Å². The van der Waals surface area contributed by atoms with Crippen LogP contribution in [-0.2, 0) is 23.5 Å². The first-order chi connectivity index (χ1) is 6.56.